The zero-order valence-electron chi connectivity index (χ0n) is 20.4. The van der Waals surface area contributed by atoms with Gasteiger partial charge in [0.1, 0.15) is 18.3 Å². The van der Waals surface area contributed by atoms with Gasteiger partial charge in [0.05, 0.1) is 0 Å². The maximum Gasteiger partial charge on any atom is 0.327 e. The lowest BCUT2D eigenvalue weighted by molar-refractivity contribution is -0.131. The summed E-state index contributed by atoms with van der Waals surface area (Å²) in [7, 11) is 0. The predicted octanol–water partition coefficient (Wildman–Crippen LogP) is 2.17. The molecule has 0 spiro atoms. The summed E-state index contributed by atoms with van der Waals surface area (Å²) >= 11 is 0. The van der Waals surface area contributed by atoms with Crippen LogP contribution in [0.15, 0.2) is 65.6 Å². The molecule has 1 heterocycles. The van der Waals surface area contributed by atoms with Gasteiger partial charge in [0, 0.05) is 24.4 Å². The largest absolute Gasteiger partial charge is 0.478 e. The first kappa shape index (κ1) is 28.0. The molecule has 2 aromatic rings. The molecule has 0 aliphatic rings. The van der Waals surface area contributed by atoms with E-state index in [4.69, 9.17) is 5.11 Å². The molecule has 1 atom stereocenters. The highest BCUT2D eigenvalue weighted by molar-refractivity contribution is 6.01. The molecule has 0 aliphatic carbocycles. The molecule has 0 aliphatic heterocycles. The van der Waals surface area contributed by atoms with Crippen molar-refractivity contribution in [3.8, 4) is 0 Å². The fourth-order valence-electron chi connectivity index (χ4n) is 3.23. The number of rotatable bonds is 13. The van der Waals surface area contributed by atoms with Crippen LogP contribution in [-0.4, -0.2) is 46.0 Å². The fraction of sp³-hybridized carbons (Fsp3) is 0.346. The number of nitrogens with zero attached hydrogens (tertiary/aromatic N) is 1. The molecule has 1 aromatic heterocycles. The zero-order chi connectivity index (χ0) is 26.5. The second-order valence-corrected chi connectivity index (χ2v) is 8.59. The van der Waals surface area contributed by atoms with Crippen molar-refractivity contribution < 1.29 is 24.3 Å². The summed E-state index contributed by atoms with van der Waals surface area (Å²) in [6.45, 7) is 4.39. The van der Waals surface area contributed by atoms with Gasteiger partial charge in [0.2, 0.25) is 11.8 Å². The van der Waals surface area contributed by atoms with Gasteiger partial charge in [-0.3, -0.25) is 19.2 Å². The van der Waals surface area contributed by atoms with Crippen LogP contribution in [0.3, 0.4) is 0 Å². The minimum Gasteiger partial charge on any atom is -0.478 e. The van der Waals surface area contributed by atoms with Crippen molar-refractivity contribution in [1.29, 1.82) is 0 Å². The van der Waals surface area contributed by atoms with Crippen molar-refractivity contribution in [3.05, 3.63) is 76.7 Å². The number of aromatic nitrogens is 1. The molecule has 10 nitrogen and oxygen atoms in total. The van der Waals surface area contributed by atoms with E-state index in [9.17, 15) is 24.0 Å². The number of carbonyl (C=O) groups is 4. The minimum absolute atomic E-state index is 0.0440. The van der Waals surface area contributed by atoms with E-state index in [0.29, 0.717) is 18.0 Å². The summed E-state index contributed by atoms with van der Waals surface area (Å²) in [5.41, 5.74) is -0.261. The van der Waals surface area contributed by atoms with Crippen molar-refractivity contribution in [2.24, 2.45) is 5.92 Å². The van der Waals surface area contributed by atoms with Crippen LogP contribution in [0.5, 0.6) is 0 Å². The van der Waals surface area contributed by atoms with Crippen LogP contribution in [0, 0.1) is 5.92 Å². The molecular weight excluding hydrogens is 464 g/mol. The topological polar surface area (TPSA) is 147 Å². The molecule has 0 radical (unpaired) electrons. The van der Waals surface area contributed by atoms with Crippen molar-refractivity contribution in [2.45, 2.75) is 45.7 Å². The maximum absolute atomic E-state index is 13.0. The first-order valence-corrected chi connectivity index (χ1v) is 11.7. The SMILES string of the molecule is CC(C)CCNC(=O)Cn1cccc(NC(=O)C(CC/C=C/C(=O)O)NC(=O)c2ccccc2)c1=O. The normalized spacial score (nSPS) is 11.8. The molecule has 0 fully saturated rings. The summed E-state index contributed by atoms with van der Waals surface area (Å²) in [5, 5.41) is 16.7. The van der Waals surface area contributed by atoms with Crippen molar-refractivity contribution in [2.75, 3.05) is 11.9 Å². The quantitative estimate of drug-likeness (QED) is 0.313. The van der Waals surface area contributed by atoms with Gasteiger partial charge in [-0.2, -0.15) is 0 Å². The third kappa shape index (κ3) is 9.57. The zero-order valence-corrected chi connectivity index (χ0v) is 20.4. The second kappa shape index (κ2) is 14.2. The number of amides is 3. The standard InChI is InChI=1S/C26H32N4O6/c1-18(2)14-15-27-22(31)17-30-16-8-12-21(26(30)36)29-25(35)20(11-6-7-13-23(32)33)28-24(34)19-9-4-3-5-10-19/h3-5,7-10,12-13,16,18,20H,6,11,14-15,17H2,1-2H3,(H,27,31)(H,28,34)(H,29,35)(H,32,33)/b13-7+. The number of carboxylic acids is 1. The Kier molecular flexibility index (Phi) is 11.1. The number of benzene rings is 1. The smallest absolute Gasteiger partial charge is 0.327 e. The van der Waals surface area contributed by atoms with Crippen LogP contribution in [-0.2, 0) is 20.9 Å². The van der Waals surface area contributed by atoms with E-state index in [1.54, 1.807) is 30.3 Å². The number of aliphatic carboxylic acids is 1. The summed E-state index contributed by atoms with van der Waals surface area (Å²) < 4.78 is 1.19. The van der Waals surface area contributed by atoms with Crippen molar-refractivity contribution in [1.82, 2.24) is 15.2 Å². The van der Waals surface area contributed by atoms with Crippen LogP contribution >= 0.6 is 0 Å². The highest BCUT2D eigenvalue weighted by Gasteiger charge is 2.22. The summed E-state index contributed by atoms with van der Waals surface area (Å²) in [6, 6.07) is 10.2. The van der Waals surface area contributed by atoms with E-state index in [-0.39, 0.29) is 31.0 Å². The van der Waals surface area contributed by atoms with Crippen LogP contribution in [0.25, 0.3) is 0 Å². The Morgan fingerprint density at radius 2 is 1.75 bits per heavy atom. The number of carboxylic acid groups (broad SMARTS) is 1. The number of hydrogen-bond acceptors (Lipinski definition) is 5. The lowest BCUT2D eigenvalue weighted by Gasteiger charge is -2.18. The Morgan fingerprint density at radius 1 is 1.03 bits per heavy atom. The van der Waals surface area contributed by atoms with Crippen LogP contribution < -0.4 is 21.5 Å². The molecule has 36 heavy (non-hydrogen) atoms. The van der Waals surface area contributed by atoms with Gasteiger partial charge in [-0.1, -0.05) is 38.1 Å². The molecule has 3 amide bonds. The average Bonchev–Trinajstić information content (AvgIpc) is 2.83. The third-order valence-electron chi connectivity index (χ3n) is 5.18. The Balaban J connectivity index is 2.12. The number of carbonyl (C=O) groups excluding carboxylic acids is 3. The third-order valence-corrected chi connectivity index (χ3v) is 5.18. The van der Waals surface area contributed by atoms with Gasteiger partial charge in [-0.25, -0.2) is 4.79 Å². The number of pyridine rings is 1. The minimum atomic E-state index is -1.12. The molecule has 0 saturated heterocycles. The summed E-state index contributed by atoms with van der Waals surface area (Å²) in [4.78, 5) is 61.3. The van der Waals surface area contributed by atoms with E-state index in [1.165, 1.54) is 29.0 Å². The lowest BCUT2D eigenvalue weighted by atomic mass is 10.1. The van der Waals surface area contributed by atoms with Gasteiger partial charge in [-0.15, -0.1) is 0 Å². The highest BCUT2D eigenvalue weighted by atomic mass is 16.4. The molecule has 10 heteroatoms. The van der Waals surface area contributed by atoms with Crippen LogP contribution in [0.1, 0.15) is 43.5 Å². The molecular formula is C26H32N4O6. The summed E-state index contributed by atoms with van der Waals surface area (Å²) in [5.74, 6) is -2.14. The Bertz CT molecular complexity index is 1140. The van der Waals surface area contributed by atoms with Gasteiger partial charge in [0.25, 0.3) is 11.5 Å². The van der Waals surface area contributed by atoms with Gasteiger partial charge in [-0.05, 0) is 49.4 Å². The van der Waals surface area contributed by atoms with Crippen molar-refractivity contribution in [3.63, 3.8) is 0 Å². The number of nitrogens with one attached hydrogen (secondary N) is 3. The van der Waals surface area contributed by atoms with E-state index >= 15 is 0 Å². The Morgan fingerprint density at radius 3 is 2.42 bits per heavy atom. The molecule has 192 valence electrons. The Labute approximate surface area is 209 Å². The monoisotopic (exact) mass is 496 g/mol. The van der Waals surface area contributed by atoms with Gasteiger partial charge < -0.3 is 25.6 Å². The van der Waals surface area contributed by atoms with E-state index < -0.39 is 29.4 Å². The molecule has 4 N–H and O–H groups in total. The number of allylic oxidation sites excluding steroid dienone is 1. The van der Waals surface area contributed by atoms with Crippen molar-refractivity contribution >= 4 is 29.4 Å². The molecule has 1 unspecified atom stereocenters. The first-order chi connectivity index (χ1) is 17.2. The van der Waals surface area contributed by atoms with Crippen LogP contribution in [0.4, 0.5) is 5.69 Å². The second-order valence-electron chi connectivity index (χ2n) is 8.59. The average molecular weight is 497 g/mol. The predicted molar refractivity (Wildman–Crippen MR) is 136 cm³/mol. The van der Waals surface area contributed by atoms with E-state index in [2.05, 4.69) is 16.0 Å². The molecule has 2 rings (SSSR count). The number of anilines is 1. The molecule has 0 bridgehead atoms. The van der Waals surface area contributed by atoms with Crippen LogP contribution in [0.2, 0.25) is 0 Å². The van der Waals surface area contributed by atoms with E-state index in [0.717, 1.165) is 12.5 Å². The number of hydrogen-bond donors (Lipinski definition) is 4. The highest BCUT2D eigenvalue weighted by Crippen LogP contribution is 2.07. The maximum atomic E-state index is 13.0. The molecule has 1 aromatic carbocycles. The molecule has 0 saturated carbocycles. The lowest BCUT2D eigenvalue weighted by Crippen LogP contribution is -2.44. The van der Waals surface area contributed by atoms with Gasteiger partial charge in [0.15, 0.2) is 0 Å². The van der Waals surface area contributed by atoms with Gasteiger partial charge >= 0.3 is 5.97 Å². The fourth-order valence-corrected chi connectivity index (χ4v) is 3.23. The summed E-state index contributed by atoms with van der Waals surface area (Å²) in [6.07, 6.45) is 4.91. The Hall–Kier alpha value is -4.21. The van der Waals surface area contributed by atoms with E-state index in [1.807, 2.05) is 13.8 Å². The first-order valence-electron chi connectivity index (χ1n) is 11.7.